The monoisotopic (exact) mass is 229 g/mol. The number of rotatable bonds is 6. The van der Waals surface area contributed by atoms with Crippen molar-refractivity contribution in [3.8, 4) is 0 Å². The van der Waals surface area contributed by atoms with Crippen molar-refractivity contribution in [1.29, 1.82) is 0 Å². The number of amides is 1. The van der Waals surface area contributed by atoms with Crippen LogP contribution < -0.4 is 11.1 Å². The van der Waals surface area contributed by atoms with E-state index in [9.17, 15) is 4.79 Å². The van der Waals surface area contributed by atoms with Crippen LogP contribution in [-0.2, 0) is 9.53 Å². The summed E-state index contributed by atoms with van der Waals surface area (Å²) in [5, 5.41) is 2.88. The fourth-order valence-corrected chi connectivity index (χ4v) is 2.00. The van der Waals surface area contributed by atoms with Gasteiger partial charge in [-0.1, -0.05) is 6.92 Å². The molecule has 16 heavy (non-hydrogen) atoms. The number of ether oxygens (including phenoxy) is 1. The third kappa shape index (κ3) is 4.08. The van der Waals surface area contributed by atoms with Crippen molar-refractivity contribution in [2.45, 2.75) is 19.4 Å². The van der Waals surface area contributed by atoms with Gasteiger partial charge in [0.2, 0.25) is 5.91 Å². The number of likely N-dealkylation sites (tertiary alicyclic amines) is 1. The summed E-state index contributed by atoms with van der Waals surface area (Å²) in [7, 11) is 1.54. The maximum atomic E-state index is 11.5. The third-order valence-corrected chi connectivity index (χ3v) is 3.07. The molecule has 0 radical (unpaired) electrons. The molecular formula is C11H23N3O2. The van der Waals surface area contributed by atoms with Crippen LogP contribution in [0.2, 0.25) is 0 Å². The highest BCUT2D eigenvalue weighted by Crippen LogP contribution is 2.14. The van der Waals surface area contributed by atoms with Crippen molar-refractivity contribution < 1.29 is 9.53 Å². The molecule has 0 bridgehead atoms. The molecule has 2 unspecified atom stereocenters. The highest BCUT2D eigenvalue weighted by atomic mass is 16.5. The van der Waals surface area contributed by atoms with E-state index in [0.29, 0.717) is 5.92 Å². The highest BCUT2D eigenvalue weighted by Gasteiger charge is 2.22. The minimum Gasteiger partial charge on any atom is -0.383 e. The average Bonchev–Trinajstić information content (AvgIpc) is 2.74. The zero-order chi connectivity index (χ0) is 12.0. The Morgan fingerprint density at radius 2 is 2.44 bits per heavy atom. The lowest BCUT2D eigenvalue weighted by molar-refractivity contribution is -0.123. The molecule has 1 fully saturated rings. The Kier molecular flexibility index (Phi) is 5.73. The number of hydrogen-bond acceptors (Lipinski definition) is 4. The van der Waals surface area contributed by atoms with Gasteiger partial charge in [-0.25, -0.2) is 0 Å². The molecule has 0 aromatic rings. The smallest absolute Gasteiger partial charge is 0.239 e. The van der Waals surface area contributed by atoms with Crippen LogP contribution in [0.5, 0.6) is 0 Å². The van der Waals surface area contributed by atoms with Crippen LogP contribution in [0.15, 0.2) is 0 Å². The number of carbonyl (C=O) groups is 1. The molecule has 0 spiro atoms. The van der Waals surface area contributed by atoms with Crippen molar-refractivity contribution in [3.63, 3.8) is 0 Å². The van der Waals surface area contributed by atoms with E-state index in [1.54, 1.807) is 7.11 Å². The van der Waals surface area contributed by atoms with Crippen LogP contribution in [0, 0.1) is 5.92 Å². The Balaban J connectivity index is 2.17. The fourth-order valence-electron chi connectivity index (χ4n) is 2.00. The zero-order valence-electron chi connectivity index (χ0n) is 10.2. The molecule has 2 atom stereocenters. The van der Waals surface area contributed by atoms with Gasteiger partial charge in [0.15, 0.2) is 0 Å². The van der Waals surface area contributed by atoms with Gasteiger partial charge in [-0.15, -0.1) is 0 Å². The summed E-state index contributed by atoms with van der Waals surface area (Å²) in [5.41, 5.74) is 5.62. The predicted octanol–water partition coefficient (Wildman–Crippen LogP) is -0.582. The summed E-state index contributed by atoms with van der Waals surface area (Å²) < 4.78 is 4.84. The van der Waals surface area contributed by atoms with E-state index in [-0.39, 0.29) is 12.5 Å². The molecule has 0 aromatic heterocycles. The minimum absolute atomic E-state index is 0.114. The zero-order valence-corrected chi connectivity index (χ0v) is 10.2. The largest absolute Gasteiger partial charge is 0.383 e. The number of carbonyl (C=O) groups excluding carboxylic acids is 1. The second kappa shape index (κ2) is 6.83. The summed E-state index contributed by atoms with van der Waals surface area (Å²) in [5.74, 6) is 0.454. The van der Waals surface area contributed by atoms with E-state index < -0.39 is 6.04 Å². The number of methoxy groups -OCH3 is 1. The Morgan fingerprint density at radius 1 is 1.69 bits per heavy atom. The van der Waals surface area contributed by atoms with Crippen LogP contribution in [0.3, 0.4) is 0 Å². The molecule has 1 saturated heterocycles. The minimum atomic E-state index is -0.548. The first-order chi connectivity index (χ1) is 7.67. The summed E-state index contributed by atoms with van der Waals surface area (Å²) in [6.45, 7) is 6.48. The molecule has 3 N–H and O–H groups in total. The van der Waals surface area contributed by atoms with Gasteiger partial charge in [0.1, 0.15) is 6.04 Å². The lowest BCUT2D eigenvalue weighted by Gasteiger charge is -2.15. The maximum absolute atomic E-state index is 11.5. The summed E-state index contributed by atoms with van der Waals surface area (Å²) >= 11 is 0. The first-order valence-corrected chi connectivity index (χ1v) is 5.92. The molecule has 1 aliphatic heterocycles. The highest BCUT2D eigenvalue weighted by molar-refractivity contribution is 5.81. The van der Waals surface area contributed by atoms with Crippen molar-refractivity contribution in [3.05, 3.63) is 0 Å². The second-order valence-electron chi connectivity index (χ2n) is 4.35. The van der Waals surface area contributed by atoms with E-state index in [2.05, 4.69) is 17.1 Å². The van der Waals surface area contributed by atoms with Crippen LogP contribution >= 0.6 is 0 Å². The topological polar surface area (TPSA) is 67.6 Å². The van der Waals surface area contributed by atoms with Gasteiger partial charge < -0.3 is 20.7 Å². The summed E-state index contributed by atoms with van der Waals surface area (Å²) in [4.78, 5) is 13.9. The number of nitrogens with two attached hydrogens (primary N) is 1. The van der Waals surface area contributed by atoms with E-state index in [4.69, 9.17) is 10.5 Å². The molecule has 0 saturated carbocycles. The molecule has 5 nitrogen and oxygen atoms in total. The SMILES string of the molecule is CCN1CCC(CNC(=O)C(N)COC)C1. The van der Waals surface area contributed by atoms with Crippen LogP contribution in [-0.4, -0.2) is 56.7 Å². The van der Waals surface area contributed by atoms with Crippen LogP contribution in [0.25, 0.3) is 0 Å². The number of hydrogen-bond donors (Lipinski definition) is 2. The third-order valence-electron chi connectivity index (χ3n) is 3.07. The van der Waals surface area contributed by atoms with Crippen LogP contribution in [0.4, 0.5) is 0 Å². The molecular weight excluding hydrogens is 206 g/mol. The molecule has 0 aromatic carbocycles. The lowest BCUT2D eigenvalue weighted by Crippen LogP contribution is -2.45. The Bertz CT molecular complexity index is 223. The molecule has 1 rings (SSSR count). The standard InChI is InChI=1S/C11H23N3O2/c1-3-14-5-4-9(7-14)6-13-11(15)10(12)8-16-2/h9-10H,3-8,12H2,1-2H3,(H,13,15). The van der Waals surface area contributed by atoms with Gasteiger partial charge in [0, 0.05) is 20.2 Å². The van der Waals surface area contributed by atoms with Gasteiger partial charge in [-0.05, 0) is 25.4 Å². The van der Waals surface area contributed by atoms with E-state index in [1.807, 2.05) is 0 Å². The molecule has 0 aliphatic carbocycles. The van der Waals surface area contributed by atoms with E-state index in [0.717, 1.165) is 32.6 Å². The van der Waals surface area contributed by atoms with Crippen molar-refractivity contribution in [1.82, 2.24) is 10.2 Å². The first kappa shape index (κ1) is 13.4. The molecule has 5 heteroatoms. The van der Waals surface area contributed by atoms with Crippen molar-refractivity contribution in [2.75, 3.05) is 39.9 Å². The van der Waals surface area contributed by atoms with Gasteiger partial charge in [0.25, 0.3) is 0 Å². The van der Waals surface area contributed by atoms with Gasteiger partial charge in [-0.2, -0.15) is 0 Å². The average molecular weight is 229 g/mol. The molecule has 1 heterocycles. The summed E-state index contributed by atoms with van der Waals surface area (Å²) in [6, 6.07) is -0.548. The molecule has 94 valence electrons. The fraction of sp³-hybridized carbons (Fsp3) is 0.909. The quantitative estimate of drug-likeness (QED) is 0.639. The summed E-state index contributed by atoms with van der Waals surface area (Å²) in [6.07, 6.45) is 1.16. The number of nitrogens with one attached hydrogen (secondary N) is 1. The van der Waals surface area contributed by atoms with Crippen molar-refractivity contribution in [2.24, 2.45) is 11.7 Å². The second-order valence-corrected chi connectivity index (χ2v) is 4.35. The van der Waals surface area contributed by atoms with Gasteiger partial charge in [-0.3, -0.25) is 4.79 Å². The maximum Gasteiger partial charge on any atom is 0.239 e. The van der Waals surface area contributed by atoms with Crippen LogP contribution in [0.1, 0.15) is 13.3 Å². The molecule has 1 aliphatic rings. The first-order valence-electron chi connectivity index (χ1n) is 5.92. The van der Waals surface area contributed by atoms with E-state index >= 15 is 0 Å². The van der Waals surface area contributed by atoms with Gasteiger partial charge >= 0.3 is 0 Å². The predicted molar refractivity (Wildman–Crippen MR) is 63.1 cm³/mol. The van der Waals surface area contributed by atoms with E-state index in [1.165, 1.54) is 0 Å². The lowest BCUT2D eigenvalue weighted by atomic mass is 10.1. The normalized spacial score (nSPS) is 23.3. The number of nitrogens with zero attached hydrogens (tertiary/aromatic N) is 1. The molecule has 1 amide bonds. The van der Waals surface area contributed by atoms with Crippen molar-refractivity contribution >= 4 is 5.91 Å². The van der Waals surface area contributed by atoms with Gasteiger partial charge in [0.05, 0.1) is 6.61 Å². The Labute approximate surface area is 97.3 Å². The Hall–Kier alpha value is -0.650. The Morgan fingerprint density at radius 3 is 3.00 bits per heavy atom.